The maximum atomic E-state index is 12.7. The Bertz CT molecular complexity index is 1130. The molecule has 0 bridgehead atoms. The minimum absolute atomic E-state index is 0.0660. The Labute approximate surface area is 161 Å². The first kappa shape index (κ1) is 17.6. The van der Waals surface area contributed by atoms with E-state index in [9.17, 15) is 4.79 Å². The summed E-state index contributed by atoms with van der Waals surface area (Å²) in [6.07, 6.45) is 5.74. The van der Waals surface area contributed by atoms with Gasteiger partial charge in [-0.1, -0.05) is 31.2 Å². The summed E-state index contributed by atoms with van der Waals surface area (Å²) in [5, 5.41) is 8.06. The zero-order valence-corrected chi connectivity index (χ0v) is 15.3. The Morgan fingerprint density at radius 2 is 2.00 bits per heavy atom. The van der Waals surface area contributed by atoms with E-state index in [1.807, 2.05) is 37.3 Å². The van der Waals surface area contributed by atoms with Gasteiger partial charge in [-0.3, -0.25) is 9.78 Å². The van der Waals surface area contributed by atoms with Crippen LogP contribution in [0.2, 0.25) is 0 Å². The number of aryl methyl sites for hydroxylation is 1. The number of carbonyl (C=O) groups is 1. The van der Waals surface area contributed by atoms with Gasteiger partial charge >= 0.3 is 0 Å². The van der Waals surface area contributed by atoms with Gasteiger partial charge in [0.2, 0.25) is 0 Å². The highest BCUT2D eigenvalue weighted by molar-refractivity contribution is 5.96. The number of amides is 1. The fraction of sp³-hybridized carbons (Fsp3) is 0.150. The summed E-state index contributed by atoms with van der Waals surface area (Å²) in [6, 6.07) is 11.5. The third kappa shape index (κ3) is 3.27. The van der Waals surface area contributed by atoms with Crippen molar-refractivity contribution in [3.05, 3.63) is 71.9 Å². The van der Waals surface area contributed by atoms with E-state index in [1.165, 1.54) is 0 Å². The lowest BCUT2D eigenvalue weighted by atomic mass is 10.1. The number of fused-ring (bicyclic) bond motifs is 1. The fourth-order valence-electron chi connectivity index (χ4n) is 3.02. The van der Waals surface area contributed by atoms with Crippen LogP contribution in [-0.2, 0) is 13.0 Å². The van der Waals surface area contributed by atoms with E-state index in [4.69, 9.17) is 5.73 Å². The van der Waals surface area contributed by atoms with E-state index >= 15 is 0 Å². The lowest BCUT2D eigenvalue weighted by Gasteiger charge is -2.12. The van der Waals surface area contributed by atoms with Crippen molar-refractivity contribution < 1.29 is 4.79 Å². The Morgan fingerprint density at radius 1 is 1.14 bits per heavy atom. The molecule has 3 heterocycles. The molecule has 0 aliphatic heterocycles. The van der Waals surface area contributed by atoms with Gasteiger partial charge in [-0.05, 0) is 24.1 Å². The molecule has 4 rings (SSSR count). The number of para-hydroxylation sites is 1. The molecule has 0 saturated carbocycles. The van der Waals surface area contributed by atoms with Crippen molar-refractivity contribution in [2.75, 3.05) is 5.73 Å². The number of hydrogen-bond donors (Lipinski definition) is 2. The molecule has 8 nitrogen and oxygen atoms in total. The first-order valence-corrected chi connectivity index (χ1v) is 8.94. The largest absolute Gasteiger partial charge is 0.382 e. The Kier molecular flexibility index (Phi) is 4.67. The van der Waals surface area contributed by atoms with Crippen LogP contribution in [0.5, 0.6) is 0 Å². The third-order valence-corrected chi connectivity index (χ3v) is 4.40. The molecule has 3 aromatic heterocycles. The average molecular weight is 373 g/mol. The molecule has 3 N–H and O–H groups in total. The number of aromatic nitrogens is 5. The highest BCUT2D eigenvalue weighted by atomic mass is 16.1. The highest BCUT2D eigenvalue weighted by Crippen LogP contribution is 2.17. The summed E-state index contributed by atoms with van der Waals surface area (Å²) in [5.74, 6) is 0.218. The summed E-state index contributed by atoms with van der Waals surface area (Å²) in [4.78, 5) is 25.9. The van der Waals surface area contributed by atoms with Crippen LogP contribution in [0, 0.1) is 0 Å². The topological polar surface area (TPSA) is 112 Å². The SMILES string of the molecule is CCc1nc(C(=O)NCc2cccc3cccnc23)c(N)nc1-n1cccn1. The number of nitrogens with zero attached hydrogens (tertiary/aromatic N) is 5. The summed E-state index contributed by atoms with van der Waals surface area (Å²) < 4.78 is 1.59. The minimum atomic E-state index is -0.375. The van der Waals surface area contributed by atoms with Crippen LogP contribution in [0.3, 0.4) is 0 Å². The van der Waals surface area contributed by atoms with Gasteiger partial charge in [0.15, 0.2) is 17.3 Å². The number of nitrogen functional groups attached to an aromatic ring is 1. The van der Waals surface area contributed by atoms with Gasteiger partial charge in [0.25, 0.3) is 5.91 Å². The second-order valence-electron chi connectivity index (χ2n) is 6.21. The van der Waals surface area contributed by atoms with Crippen LogP contribution in [-0.4, -0.2) is 30.6 Å². The lowest BCUT2D eigenvalue weighted by Crippen LogP contribution is -2.26. The summed E-state index contributed by atoms with van der Waals surface area (Å²) in [5.41, 5.74) is 8.56. The molecule has 0 atom stereocenters. The number of nitrogens with one attached hydrogen (secondary N) is 1. The zero-order chi connectivity index (χ0) is 19.5. The molecule has 0 radical (unpaired) electrons. The van der Waals surface area contributed by atoms with Gasteiger partial charge in [-0.15, -0.1) is 0 Å². The van der Waals surface area contributed by atoms with Crippen LogP contribution in [0.4, 0.5) is 5.82 Å². The lowest BCUT2D eigenvalue weighted by molar-refractivity contribution is 0.0946. The van der Waals surface area contributed by atoms with Crippen LogP contribution in [0.15, 0.2) is 55.0 Å². The van der Waals surface area contributed by atoms with Crippen LogP contribution in [0.1, 0.15) is 28.7 Å². The molecule has 0 unspecified atom stereocenters. The number of rotatable bonds is 5. The number of benzene rings is 1. The molecule has 1 aromatic carbocycles. The van der Waals surface area contributed by atoms with Gasteiger partial charge in [0, 0.05) is 30.5 Å². The molecule has 1 amide bonds. The molecule has 0 spiro atoms. The number of pyridine rings is 1. The Hall–Kier alpha value is -3.81. The fourth-order valence-corrected chi connectivity index (χ4v) is 3.02. The van der Waals surface area contributed by atoms with Gasteiger partial charge in [-0.25, -0.2) is 14.6 Å². The van der Waals surface area contributed by atoms with Crippen molar-refractivity contribution in [3.8, 4) is 5.82 Å². The summed E-state index contributed by atoms with van der Waals surface area (Å²) >= 11 is 0. The molecule has 4 aromatic rings. The van der Waals surface area contributed by atoms with Crippen LogP contribution >= 0.6 is 0 Å². The minimum Gasteiger partial charge on any atom is -0.382 e. The number of nitrogens with two attached hydrogens (primary N) is 1. The molecule has 8 heteroatoms. The van der Waals surface area contributed by atoms with Crippen molar-refractivity contribution in [1.82, 2.24) is 30.0 Å². The Morgan fingerprint density at radius 3 is 2.79 bits per heavy atom. The molecule has 28 heavy (non-hydrogen) atoms. The first-order chi connectivity index (χ1) is 13.7. The number of carbonyl (C=O) groups excluding carboxylic acids is 1. The number of hydrogen-bond acceptors (Lipinski definition) is 6. The monoisotopic (exact) mass is 373 g/mol. The van der Waals surface area contributed by atoms with E-state index in [2.05, 4.69) is 25.4 Å². The molecule has 0 aliphatic rings. The van der Waals surface area contributed by atoms with Crippen LogP contribution < -0.4 is 11.1 Å². The van der Waals surface area contributed by atoms with Gasteiger partial charge < -0.3 is 11.1 Å². The van der Waals surface area contributed by atoms with Crippen molar-refractivity contribution in [2.45, 2.75) is 19.9 Å². The zero-order valence-electron chi connectivity index (χ0n) is 15.3. The first-order valence-electron chi connectivity index (χ1n) is 8.94. The van der Waals surface area contributed by atoms with Gasteiger partial charge in [0.05, 0.1) is 11.2 Å². The van der Waals surface area contributed by atoms with E-state index < -0.39 is 0 Å². The van der Waals surface area contributed by atoms with Crippen molar-refractivity contribution >= 4 is 22.6 Å². The predicted octanol–water partition coefficient (Wildman–Crippen LogP) is 2.29. The standard InChI is InChI=1S/C20H19N7O/c1-2-15-19(27-11-5-10-24-27)26-18(21)17(25-15)20(28)23-12-14-7-3-6-13-8-4-9-22-16(13)14/h3-11H,2,12H2,1H3,(H2,21,26)(H,23,28). The summed E-state index contributed by atoms with van der Waals surface area (Å²) in [7, 11) is 0. The van der Waals surface area contributed by atoms with Crippen LogP contribution in [0.25, 0.3) is 16.7 Å². The molecule has 0 saturated heterocycles. The molecular formula is C20H19N7O. The smallest absolute Gasteiger partial charge is 0.274 e. The van der Waals surface area contributed by atoms with Crippen molar-refractivity contribution in [2.24, 2.45) is 0 Å². The average Bonchev–Trinajstić information content (AvgIpc) is 3.26. The predicted molar refractivity (Wildman–Crippen MR) is 106 cm³/mol. The third-order valence-electron chi connectivity index (χ3n) is 4.40. The van der Waals surface area contributed by atoms with Crippen molar-refractivity contribution in [1.29, 1.82) is 0 Å². The molecular weight excluding hydrogens is 354 g/mol. The van der Waals surface area contributed by atoms with E-state index in [-0.39, 0.29) is 17.4 Å². The normalized spacial score (nSPS) is 10.9. The maximum absolute atomic E-state index is 12.7. The molecule has 0 fully saturated rings. The van der Waals surface area contributed by atoms with E-state index in [0.29, 0.717) is 24.5 Å². The van der Waals surface area contributed by atoms with Crippen molar-refractivity contribution in [3.63, 3.8) is 0 Å². The second kappa shape index (κ2) is 7.43. The highest BCUT2D eigenvalue weighted by Gasteiger charge is 2.18. The second-order valence-corrected chi connectivity index (χ2v) is 6.21. The quantitative estimate of drug-likeness (QED) is 0.555. The van der Waals surface area contributed by atoms with Gasteiger partial charge in [-0.2, -0.15) is 5.10 Å². The summed E-state index contributed by atoms with van der Waals surface area (Å²) in [6.45, 7) is 2.26. The number of anilines is 1. The Balaban J connectivity index is 1.60. The maximum Gasteiger partial charge on any atom is 0.274 e. The molecule has 0 aliphatic carbocycles. The van der Waals surface area contributed by atoms with E-state index in [1.54, 1.807) is 29.3 Å². The molecule has 140 valence electrons. The van der Waals surface area contributed by atoms with E-state index in [0.717, 1.165) is 16.5 Å². The van der Waals surface area contributed by atoms with Gasteiger partial charge in [0.1, 0.15) is 0 Å².